The Morgan fingerprint density at radius 3 is 2.53 bits per heavy atom. The molecule has 0 bridgehead atoms. The lowest BCUT2D eigenvalue weighted by molar-refractivity contribution is -0.113. The highest BCUT2D eigenvalue weighted by atomic mass is 32.2. The molecule has 102 valence electrons. The molecule has 1 aliphatic heterocycles. The Kier molecular flexibility index (Phi) is 4.99. The molecule has 1 heterocycles. The van der Waals surface area contributed by atoms with Crippen LogP contribution >= 0.6 is 11.8 Å². The van der Waals surface area contributed by atoms with Crippen molar-refractivity contribution in [1.29, 1.82) is 0 Å². The van der Waals surface area contributed by atoms with E-state index in [1.807, 2.05) is 0 Å². The first-order valence-corrected chi connectivity index (χ1v) is 7.50. The van der Waals surface area contributed by atoms with Crippen LogP contribution in [0.3, 0.4) is 0 Å². The Hall–Kier alpha value is -1.33. The SMILES string of the molecule is CC(=O)c1ccc(NC(=O)CSCC2CNC2)cc1. The van der Waals surface area contributed by atoms with Gasteiger partial charge in [-0.15, -0.1) is 0 Å². The summed E-state index contributed by atoms with van der Waals surface area (Å²) in [5.41, 5.74) is 1.39. The van der Waals surface area contributed by atoms with Crippen molar-refractivity contribution in [2.75, 3.05) is 29.9 Å². The van der Waals surface area contributed by atoms with Gasteiger partial charge in [-0.25, -0.2) is 0 Å². The van der Waals surface area contributed by atoms with Crippen molar-refractivity contribution in [2.45, 2.75) is 6.92 Å². The molecule has 1 amide bonds. The maximum absolute atomic E-state index is 11.7. The first-order chi connectivity index (χ1) is 9.15. The van der Waals surface area contributed by atoms with Crippen molar-refractivity contribution in [1.82, 2.24) is 5.32 Å². The second-order valence-corrected chi connectivity index (χ2v) is 5.75. The summed E-state index contributed by atoms with van der Waals surface area (Å²) in [5, 5.41) is 6.04. The minimum Gasteiger partial charge on any atom is -0.325 e. The molecule has 0 unspecified atom stereocenters. The number of ketones is 1. The number of amides is 1. The zero-order chi connectivity index (χ0) is 13.7. The van der Waals surface area contributed by atoms with E-state index in [1.54, 1.807) is 36.0 Å². The lowest BCUT2D eigenvalue weighted by Gasteiger charge is -2.26. The molecular formula is C14H18N2O2S. The van der Waals surface area contributed by atoms with Gasteiger partial charge in [0.25, 0.3) is 0 Å². The summed E-state index contributed by atoms with van der Waals surface area (Å²) in [7, 11) is 0. The number of rotatable bonds is 6. The van der Waals surface area contributed by atoms with E-state index in [0.717, 1.165) is 24.5 Å². The molecule has 0 radical (unpaired) electrons. The Morgan fingerprint density at radius 2 is 2.00 bits per heavy atom. The molecule has 0 atom stereocenters. The minimum absolute atomic E-state index is 0.00728. The van der Waals surface area contributed by atoms with Gasteiger partial charge in [-0.2, -0.15) is 11.8 Å². The predicted molar refractivity (Wildman–Crippen MR) is 78.8 cm³/mol. The number of nitrogens with one attached hydrogen (secondary N) is 2. The fraction of sp³-hybridized carbons (Fsp3) is 0.429. The van der Waals surface area contributed by atoms with Gasteiger partial charge in [-0.1, -0.05) is 0 Å². The Balaban J connectivity index is 1.73. The van der Waals surface area contributed by atoms with Crippen molar-refractivity contribution in [3.8, 4) is 0 Å². The van der Waals surface area contributed by atoms with Crippen LogP contribution in [0.15, 0.2) is 24.3 Å². The summed E-state index contributed by atoms with van der Waals surface area (Å²) in [6.45, 7) is 3.67. The summed E-state index contributed by atoms with van der Waals surface area (Å²) in [5.74, 6) is 2.26. The quantitative estimate of drug-likeness (QED) is 0.779. The third kappa shape index (κ3) is 4.36. The third-order valence-corrected chi connectivity index (χ3v) is 4.20. The van der Waals surface area contributed by atoms with Gasteiger partial charge in [-0.3, -0.25) is 9.59 Å². The van der Waals surface area contributed by atoms with E-state index in [1.165, 1.54) is 6.92 Å². The molecular weight excluding hydrogens is 260 g/mol. The number of anilines is 1. The van der Waals surface area contributed by atoms with E-state index in [9.17, 15) is 9.59 Å². The lowest BCUT2D eigenvalue weighted by atomic mass is 10.1. The molecule has 19 heavy (non-hydrogen) atoms. The molecule has 2 rings (SSSR count). The van der Waals surface area contributed by atoms with Gasteiger partial charge in [0.2, 0.25) is 5.91 Å². The van der Waals surface area contributed by atoms with Crippen LogP contribution in [0.4, 0.5) is 5.69 Å². The van der Waals surface area contributed by atoms with Gasteiger partial charge in [0.05, 0.1) is 5.75 Å². The van der Waals surface area contributed by atoms with E-state index >= 15 is 0 Å². The van der Waals surface area contributed by atoms with E-state index in [-0.39, 0.29) is 11.7 Å². The zero-order valence-corrected chi connectivity index (χ0v) is 11.8. The van der Waals surface area contributed by atoms with Crippen molar-refractivity contribution in [3.63, 3.8) is 0 Å². The molecule has 1 saturated heterocycles. The largest absolute Gasteiger partial charge is 0.325 e. The molecule has 1 aromatic rings. The van der Waals surface area contributed by atoms with Gasteiger partial charge in [0.1, 0.15) is 0 Å². The number of benzene rings is 1. The zero-order valence-electron chi connectivity index (χ0n) is 10.9. The number of carbonyl (C=O) groups excluding carboxylic acids is 2. The average molecular weight is 278 g/mol. The topological polar surface area (TPSA) is 58.2 Å². The van der Waals surface area contributed by atoms with Gasteiger partial charge < -0.3 is 10.6 Å². The van der Waals surface area contributed by atoms with Gasteiger partial charge in [0, 0.05) is 11.3 Å². The summed E-state index contributed by atoms with van der Waals surface area (Å²) in [6.07, 6.45) is 0. The Labute approximate surface area is 117 Å². The highest BCUT2D eigenvalue weighted by Gasteiger charge is 2.16. The monoisotopic (exact) mass is 278 g/mol. The second-order valence-electron chi connectivity index (χ2n) is 4.72. The van der Waals surface area contributed by atoms with Crippen LogP contribution in [-0.4, -0.2) is 36.3 Å². The first-order valence-electron chi connectivity index (χ1n) is 6.34. The van der Waals surface area contributed by atoms with Crippen LogP contribution in [0.25, 0.3) is 0 Å². The van der Waals surface area contributed by atoms with Crippen molar-refractivity contribution < 1.29 is 9.59 Å². The fourth-order valence-electron chi connectivity index (χ4n) is 1.77. The molecule has 4 nitrogen and oxygen atoms in total. The van der Waals surface area contributed by atoms with Crippen molar-refractivity contribution in [3.05, 3.63) is 29.8 Å². The summed E-state index contributed by atoms with van der Waals surface area (Å²) in [6, 6.07) is 6.97. The number of Topliss-reactive ketones (excluding diaryl/α,β-unsaturated/α-hetero) is 1. The van der Waals surface area contributed by atoms with E-state index < -0.39 is 0 Å². The molecule has 1 fully saturated rings. The molecule has 0 saturated carbocycles. The van der Waals surface area contributed by atoms with Crippen molar-refractivity contribution >= 4 is 29.1 Å². The van der Waals surface area contributed by atoms with E-state index in [2.05, 4.69) is 10.6 Å². The highest BCUT2D eigenvalue weighted by molar-refractivity contribution is 7.99. The average Bonchev–Trinajstić information content (AvgIpc) is 2.33. The Bertz CT molecular complexity index is 455. The van der Waals surface area contributed by atoms with Crippen LogP contribution in [-0.2, 0) is 4.79 Å². The van der Waals surface area contributed by atoms with Crippen LogP contribution in [0.1, 0.15) is 17.3 Å². The molecule has 0 aromatic heterocycles. The molecule has 1 aromatic carbocycles. The van der Waals surface area contributed by atoms with Gasteiger partial charge in [0.15, 0.2) is 5.78 Å². The highest BCUT2D eigenvalue weighted by Crippen LogP contribution is 2.14. The second kappa shape index (κ2) is 6.73. The van der Waals surface area contributed by atoms with Gasteiger partial charge >= 0.3 is 0 Å². The lowest BCUT2D eigenvalue weighted by Crippen LogP contribution is -2.43. The van der Waals surface area contributed by atoms with E-state index in [0.29, 0.717) is 17.2 Å². The molecule has 0 aliphatic carbocycles. The molecule has 5 heteroatoms. The molecule has 0 spiro atoms. The van der Waals surface area contributed by atoms with Crippen LogP contribution in [0, 0.1) is 5.92 Å². The molecule has 2 N–H and O–H groups in total. The summed E-state index contributed by atoms with van der Waals surface area (Å²) in [4.78, 5) is 22.8. The van der Waals surface area contributed by atoms with Crippen LogP contribution in [0.5, 0.6) is 0 Å². The van der Waals surface area contributed by atoms with Crippen molar-refractivity contribution in [2.24, 2.45) is 5.92 Å². The third-order valence-electron chi connectivity index (χ3n) is 3.03. The molecule has 1 aliphatic rings. The smallest absolute Gasteiger partial charge is 0.234 e. The van der Waals surface area contributed by atoms with Crippen LogP contribution < -0.4 is 10.6 Å². The van der Waals surface area contributed by atoms with E-state index in [4.69, 9.17) is 0 Å². The number of thioether (sulfide) groups is 1. The number of hydrogen-bond donors (Lipinski definition) is 2. The maximum Gasteiger partial charge on any atom is 0.234 e. The fourth-order valence-corrected chi connectivity index (χ4v) is 2.71. The Morgan fingerprint density at radius 1 is 1.32 bits per heavy atom. The normalized spacial score (nSPS) is 14.8. The predicted octanol–water partition coefficient (Wildman–Crippen LogP) is 1.78. The van der Waals surface area contributed by atoms with Crippen LogP contribution in [0.2, 0.25) is 0 Å². The summed E-state index contributed by atoms with van der Waals surface area (Å²) >= 11 is 1.67. The standard InChI is InChI=1S/C14H18N2O2S/c1-10(17)12-2-4-13(5-3-12)16-14(18)9-19-8-11-6-15-7-11/h2-5,11,15H,6-9H2,1H3,(H,16,18). The number of carbonyl (C=O) groups is 2. The minimum atomic E-state index is 0.00728. The first kappa shape index (κ1) is 14.1. The van der Waals surface area contributed by atoms with Gasteiger partial charge in [-0.05, 0) is 55.9 Å². The maximum atomic E-state index is 11.7. The summed E-state index contributed by atoms with van der Waals surface area (Å²) < 4.78 is 0. The number of hydrogen-bond acceptors (Lipinski definition) is 4.